The van der Waals surface area contributed by atoms with Gasteiger partial charge in [-0.1, -0.05) is 31.5 Å². The molecule has 1 aromatic carbocycles. The zero-order chi connectivity index (χ0) is 18.1. The van der Waals surface area contributed by atoms with Gasteiger partial charge in [0.25, 0.3) is 5.91 Å². The normalized spacial score (nSPS) is 10.4. The van der Waals surface area contributed by atoms with Crippen LogP contribution in [0.2, 0.25) is 0 Å². The van der Waals surface area contributed by atoms with Crippen LogP contribution in [0.15, 0.2) is 42.6 Å². The fraction of sp³-hybridized carbons (Fsp3) is 0.400. The number of methoxy groups -OCH3 is 1. The standard InChI is InChI=1S/C20H27N3O2/c1-4-5-14-23(2)19-11-10-17(15-22-19)20(24)21-13-12-16-8-6-7-9-18(16)25-3/h6-11,15H,4-5,12-14H2,1-3H3,(H,21,24). The molecule has 5 nitrogen and oxygen atoms in total. The molecule has 0 aliphatic carbocycles. The van der Waals surface area contributed by atoms with Crippen molar-refractivity contribution in [2.75, 3.05) is 32.1 Å². The molecule has 0 saturated heterocycles. The summed E-state index contributed by atoms with van der Waals surface area (Å²) in [6.45, 7) is 3.69. The largest absolute Gasteiger partial charge is 0.496 e. The molecule has 5 heteroatoms. The summed E-state index contributed by atoms with van der Waals surface area (Å²) < 4.78 is 5.32. The molecule has 0 radical (unpaired) electrons. The number of nitrogens with zero attached hydrogens (tertiary/aromatic N) is 2. The van der Waals surface area contributed by atoms with Crippen LogP contribution in [0.1, 0.15) is 35.7 Å². The van der Waals surface area contributed by atoms with Crippen molar-refractivity contribution in [1.82, 2.24) is 10.3 Å². The summed E-state index contributed by atoms with van der Waals surface area (Å²) in [5, 5.41) is 2.93. The lowest BCUT2D eigenvalue weighted by atomic mass is 10.1. The molecule has 1 N–H and O–H groups in total. The van der Waals surface area contributed by atoms with E-state index in [0.29, 0.717) is 12.1 Å². The fourth-order valence-corrected chi connectivity index (χ4v) is 2.58. The van der Waals surface area contributed by atoms with Crippen LogP contribution in [0.4, 0.5) is 5.82 Å². The van der Waals surface area contributed by atoms with Crippen molar-refractivity contribution in [3.8, 4) is 5.75 Å². The summed E-state index contributed by atoms with van der Waals surface area (Å²) in [6, 6.07) is 11.6. The zero-order valence-corrected chi connectivity index (χ0v) is 15.3. The molecule has 25 heavy (non-hydrogen) atoms. The number of benzene rings is 1. The van der Waals surface area contributed by atoms with Gasteiger partial charge in [-0.3, -0.25) is 4.79 Å². The van der Waals surface area contributed by atoms with Crippen LogP contribution in [-0.4, -0.2) is 38.1 Å². The van der Waals surface area contributed by atoms with E-state index in [0.717, 1.165) is 42.9 Å². The van der Waals surface area contributed by atoms with Crippen molar-refractivity contribution in [3.63, 3.8) is 0 Å². The van der Waals surface area contributed by atoms with Crippen LogP contribution in [0.25, 0.3) is 0 Å². The Balaban J connectivity index is 1.86. The Kier molecular flexibility index (Phi) is 7.26. The third kappa shape index (κ3) is 5.48. The molecule has 1 heterocycles. The first kappa shape index (κ1) is 18.8. The fourth-order valence-electron chi connectivity index (χ4n) is 2.58. The van der Waals surface area contributed by atoms with Crippen LogP contribution in [0.5, 0.6) is 5.75 Å². The first-order chi connectivity index (χ1) is 12.2. The van der Waals surface area contributed by atoms with E-state index in [1.165, 1.54) is 0 Å². The average Bonchev–Trinajstić information content (AvgIpc) is 2.66. The number of pyridine rings is 1. The van der Waals surface area contributed by atoms with E-state index in [9.17, 15) is 4.79 Å². The Bertz CT molecular complexity index is 671. The summed E-state index contributed by atoms with van der Waals surface area (Å²) in [7, 11) is 3.67. The highest BCUT2D eigenvalue weighted by atomic mass is 16.5. The van der Waals surface area contributed by atoms with Crippen LogP contribution < -0.4 is 15.0 Å². The van der Waals surface area contributed by atoms with Crippen molar-refractivity contribution in [2.24, 2.45) is 0 Å². The number of hydrogen-bond donors (Lipinski definition) is 1. The quantitative estimate of drug-likeness (QED) is 0.760. The van der Waals surface area contributed by atoms with E-state index in [1.807, 2.05) is 43.4 Å². The van der Waals surface area contributed by atoms with Crippen molar-refractivity contribution in [3.05, 3.63) is 53.7 Å². The van der Waals surface area contributed by atoms with Crippen LogP contribution >= 0.6 is 0 Å². The highest BCUT2D eigenvalue weighted by Gasteiger charge is 2.08. The molecule has 0 fully saturated rings. The third-order valence-corrected chi connectivity index (χ3v) is 4.12. The second-order valence-electron chi connectivity index (χ2n) is 6.00. The molecular weight excluding hydrogens is 314 g/mol. The Morgan fingerprint density at radius 2 is 2.04 bits per heavy atom. The molecule has 1 amide bonds. The second kappa shape index (κ2) is 9.67. The summed E-state index contributed by atoms with van der Waals surface area (Å²) in [6.07, 6.45) is 4.64. The van der Waals surface area contributed by atoms with E-state index in [-0.39, 0.29) is 5.91 Å². The number of unbranched alkanes of at least 4 members (excludes halogenated alkanes) is 1. The minimum absolute atomic E-state index is 0.106. The van der Waals surface area contributed by atoms with Gasteiger partial charge in [-0.15, -0.1) is 0 Å². The number of hydrogen-bond acceptors (Lipinski definition) is 4. The van der Waals surface area contributed by atoms with Gasteiger partial charge in [-0.2, -0.15) is 0 Å². The van der Waals surface area contributed by atoms with E-state index in [2.05, 4.69) is 22.1 Å². The number of amides is 1. The van der Waals surface area contributed by atoms with Gasteiger partial charge in [0.05, 0.1) is 12.7 Å². The Labute approximate surface area is 150 Å². The molecule has 2 aromatic rings. The number of para-hydroxylation sites is 1. The van der Waals surface area contributed by atoms with Gasteiger partial charge in [0.15, 0.2) is 0 Å². The lowest BCUT2D eigenvalue weighted by Crippen LogP contribution is -2.26. The van der Waals surface area contributed by atoms with Crippen molar-refractivity contribution >= 4 is 11.7 Å². The maximum Gasteiger partial charge on any atom is 0.252 e. The predicted octanol–water partition coefficient (Wildman–Crippen LogP) is 3.30. The van der Waals surface area contributed by atoms with Gasteiger partial charge >= 0.3 is 0 Å². The lowest BCUT2D eigenvalue weighted by molar-refractivity contribution is 0.0953. The maximum atomic E-state index is 12.2. The second-order valence-corrected chi connectivity index (χ2v) is 6.00. The van der Waals surface area contributed by atoms with E-state index < -0.39 is 0 Å². The summed E-state index contributed by atoms with van der Waals surface area (Å²) >= 11 is 0. The molecule has 2 rings (SSSR count). The van der Waals surface area contributed by atoms with Crippen molar-refractivity contribution < 1.29 is 9.53 Å². The maximum absolute atomic E-state index is 12.2. The molecule has 0 unspecified atom stereocenters. The summed E-state index contributed by atoms with van der Waals surface area (Å²) in [5.74, 6) is 1.63. The minimum Gasteiger partial charge on any atom is -0.496 e. The number of carbonyl (C=O) groups is 1. The summed E-state index contributed by atoms with van der Waals surface area (Å²) in [5.41, 5.74) is 1.66. The number of ether oxygens (including phenoxy) is 1. The van der Waals surface area contributed by atoms with Crippen LogP contribution in [0, 0.1) is 0 Å². The molecule has 0 aliphatic rings. The molecule has 134 valence electrons. The SMILES string of the molecule is CCCCN(C)c1ccc(C(=O)NCCc2ccccc2OC)cn1. The van der Waals surface area contributed by atoms with Crippen LogP contribution in [0.3, 0.4) is 0 Å². The minimum atomic E-state index is -0.106. The third-order valence-electron chi connectivity index (χ3n) is 4.12. The molecule has 0 saturated carbocycles. The first-order valence-electron chi connectivity index (χ1n) is 8.73. The van der Waals surface area contributed by atoms with Gasteiger partial charge in [0.1, 0.15) is 11.6 Å². The van der Waals surface area contributed by atoms with E-state index in [1.54, 1.807) is 13.3 Å². The van der Waals surface area contributed by atoms with Crippen molar-refractivity contribution in [1.29, 1.82) is 0 Å². The number of aromatic nitrogens is 1. The highest BCUT2D eigenvalue weighted by molar-refractivity contribution is 5.94. The monoisotopic (exact) mass is 341 g/mol. The Morgan fingerprint density at radius 1 is 1.24 bits per heavy atom. The van der Waals surface area contributed by atoms with Crippen LogP contribution in [-0.2, 0) is 6.42 Å². The molecule has 0 spiro atoms. The predicted molar refractivity (Wildman–Crippen MR) is 101 cm³/mol. The van der Waals surface area contributed by atoms with E-state index >= 15 is 0 Å². The zero-order valence-electron chi connectivity index (χ0n) is 15.3. The van der Waals surface area contributed by atoms with Gasteiger partial charge in [0, 0.05) is 26.3 Å². The molecular formula is C20H27N3O2. The number of rotatable bonds is 9. The smallest absolute Gasteiger partial charge is 0.252 e. The molecule has 0 atom stereocenters. The van der Waals surface area contributed by atoms with Gasteiger partial charge in [-0.25, -0.2) is 4.98 Å². The lowest BCUT2D eigenvalue weighted by Gasteiger charge is -2.17. The molecule has 0 aliphatic heterocycles. The van der Waals surface area contributed by atoms with Gasteiger partial charge in [-0.05, 0) is 36.6 Å². The Morgan fingerprint density at radius 3 is 2.72 bits per heavy atom. The number of carbonyl (C=O) groups excluding carboxylic acids is 1. The van der Waals surface area contributed by atoms with E-state index in [4.69, 9.17) is 4.74 Å². The highest BCUT2D eigenvalue weighted by Crippen LogP contribution is 2.17. The number of nitrogens with one attached hydrogen (secondary N) is 1. The molecule has 1 aromatic heterocycles. The van der Waals surface area contributed by atoms with Gasteiger partial charge < -0.3 is 15.0 Å². The Hall–Kier alpha value is -2.56. The molecule has 0 bridgehead atoms. The first-order valence-corrected chi connectivity index (χ1v) is 8.73. The van der Waals surface area contributed by atoms with Gasteiger partial charge in [0.2, 0.25) is 0 Å². The summed E-state index contributed by atoms with van der Waals surface area (Å²) in [4.78, 5) is 18.7. The van der Waals surface area contributed by atoms with Crippen molar-refractivity contribution in [2.45, 2.75) is 26.2 Å². The average molecular weight is 341 g/mol. The number of anilines is 1. The topological polar surface area (TPSA) is 54.5 Å².